The van der Waals surface area contributed by atoms with E-state index in [2.05, 4.69) is 16.2 Å². The Hall–Kier alpha value is -2.71. The zero-order valence-corrected chi connectivity index (χ0v) is 17.5. The third-order valence-electron chi connectivity index (χ3n) is 6.03. The van der Waals surface area contributed by atoms with Crippen molar-refractivity contribution in [2.45, 2.75) is 37.7 Å². The molecule has 2 aliphatic heterocycles. The van der Waals surface area contributed by atoms with Gasteiger partial charge in [0.05, 0.1) is 29.0 Å². The summed E-state index contributed by atoms with van der Waals surface area (Å²) >= 11 is 1.78. The van der Waals surface area contributed by atoms with Gasteiger partial charge in [-0.15, -0.1) is 11.3 Å². The van der Waals surface area contributed by atoms with Gasteiger partial charge in [0, 0.05) is 43.3 Å². The number of pyridine rings is 1. The van der Waals surface area contributed by atoms with Crippen LogP contribution in [0, 0.1) is 0 Å². The van der Waals surface area contributed by atoms with Crippen LogP contribution >= 0.6 is 11.3 Å². The van der Waals surface area contributed by atoms with Crippen molar-refractivity contribution in [3.63, 3.8) is 0 Å². The lowest BCUT2D eigenvalue weighted by Crippen LogP contribution is -2.48. The maximum absolute atomic E-state index is 12.6. The van der Waals surface area contributed by atoms with Crippen LogP contribution in [-0.2, 0) is 28.0 Å². The van der Waals surface area contributed by atoms with Crippen molar-refractivity contribution in [3.05, 3.63) is 52.7 Å². The molecule has 3 aromatic rings. The maximum Gasteiger partial charge on any atom is 0.223 e. The van der Waals surface area contributed by atoms with Crippen LogP contribution in [0.4, 0.5) is 5.82 Å². The molecule has 0 aromatic carbocycles. The molecule has 5 heterocycles. The summed E-state index contributed by atoms with van der Waals surface area (Å²) in [6.07, 6.45) is 5.18. The normalized spacial score (nSPS) is 17.8. The second-order valence-electron chi connectivity index (χ2n) is 7.85. The van der Waals surface area contributed by atoms with Crippen LogP contribution in [0.5, 0.6) is 0 Å². The molecule has 0 aliphatic carbocycles. The number of nitrogens with two attached hydrogens (primary N) is 1. The highest BCUT2D eigenvalue weighted by Gasteiger charge is 2.42. The number of hydrogen-bond acceptors (Lipinski definition) is 7. The minimum Gasteiger partial charge on any atom is -0.384 e. The van der Waals surface area contributed by atoms with E-state index in [-0.39, 0.29) is 11.5 Å². The number of rotatable bonds is 4. The molecule has 1 spiro atoms. The number of fused-ring (bicyclic) bond motifs is 2. The summed E-state index contributed by atoms with van der Waals surface area (Å²) in [6, 6.07) is 9.76. The summed E-state index contributed by atoms with van der Waals surface area (Å²) in [5.41, 5.74) is 7.75. The van der Waals surface area contributed by atoms with Gasteiger partial charge < -0.3 is 19.9 Å². The predicted octanol–water partition coefficient (Wildman–Crippen LogP) is 3.40. The summed E-state index contributed by atoms with van der Waals surface area (Å²) in [5, 5.41) is 3.69. The molecule has 1 amide bonds. The molecule has 0 bridgehead atoms. The van der Waals surface area contributed by atoms with Crippen molar-refractivity contribution < 1.29 is 14.1 Å². The van der Waals surface area contributed by atoms with Crippen LogP contribution < -0.4 is 5.73 Å². The van der Waals surface area contributed by atoms with Gasteiger partial charge >= 0.3 is 0 Å². The van der Waals surface area contributed by atoms with E-state index in [0.717, 1.165) is 42.2 Å². The quantitative estimate of drug-likeness (QED) is 0.690. The first kappa shape index (κ1) is 19.3. The van der Waals surface area contributed by atoms with Crippen LogP contribution in [0.3, 0.4) is 0 Å². The summed E-state index contributed by atoms with van der Waals surface area (Å²) in [5.74, 6) is 1.44. The number of aryl methyl sites for hydroxylation is 1. The lowest BCUT2D eigenvalue weighted by molar-refractivity contribution is -0.140. The van der Waals surface area contributed by atoms with E-state index >= 15 is 0 Å². The molecule has 7 nitrogen and oxygen atoms in total. The van der Waals surface area contributed by atoms with Crippen LogP contribution in [0.2, 0.25) is 0 Å². The molecule has 3 aromatic heterocycles. The zero-order valence-electron chi connectivity index (χ0n) is 16.7. The number of aromatic nitrogens is 2. The first-order valence-corrected chi connectivity index (χ1v) is 11.1. The van der Waals surface area contributed by atoms with Crippen LogP contribution in [0.1, 0.15) is 35.5 Å². The summed E-state index contributed by atoms with van der Waals surface area (Å²) in [7, 11) is 0. The number of amides is 1. The zero-order chi connectivity index (χ0) is 20.6. The van der Waals surface area contributed by atoms with E-state index < -0.39 is 0 Å². The fourth-order valence-electron chi connectivity index (χ4n) is 4.42. The van der Waals surface area contributed by atoms with Crippen molar-refractivity contribution in [3.8, 4) is 10.6 Å². The number of thiophene rings is 1. The molecule has 156 valence electrons. The molecular formula is C22H24N4O3S. The Morgan fingerprint density at radius 1 is 1.27 bits per heavy atom. The number of nitrogen functional groups attached to an aromatic ring is 1. The molecular weight excluding hydrogens is 400 g/mol. The number of likely N-dealkylation sites (tertiary alicyclic amines) is 1. The third kappa shape index (κ3) is 3.61. The van der Waals surface area contributed by atoms with Gasteiger partial charge in [0.1, 0.15) is 11.6 Å². The van der Waals surface area contributed by atoms with E-state index in [4.69, 9.17) is 15.0 Å². The highest BCUT2D eigenvalue weighted by molar-refractivity contribution is 7.15. The standard InChI is InChI=1S/C22H24N4O3S/c23-20-3-1-2-17(25-20)19-14-16-18(30-19)7-13-28-22(16)8-11-26(12-9-22)21(27)5-4-15-6-10-24-29-15/h1-3,6,10,14H,4-5,7-9,11-13H2,(H2,23,25). The van der Waals surface area contributed by atoms with Gasteiger partial charge in [-0.25, -0.2) is 4.98 Å². The molecule has 0 radical (unpaired) electrons. The Bertz CT molecular complexity index is 1040. The van der Waals surface area contributed by atoms with Gasteiger partial charge in [-0.05, 0) is 36.6 Å². The van der Waals surface area contributed by atoms with Gasteiger partial charge in [0.25, 0.3) is 0 Å². The first-order valence-electron chi connectivity index (χ1n) is 10.3. The van der Waals surface area contributed by atoms with Crippen molar-refractivity contribution >= 4 is 23.1 Å². The lowest BCUT2D eigenvalue weighted by Gasteiger charge is -2.44. The average molecular weight is 425 g/mol. The third-order valence-corrected chi connectivity index (χ3v) is 7.25. The molecule has 1 fully saturated rings. The second-order valence-corrected chi connectivity index (χ2v) is 8.98. The van der Waals surface area contributed by atoms with Crippen molar-refractivity contribution in [1.29, 1.82) is 0 Å². The highest BCUT2D eigenvalue weighted by atomic mass is 32.1. The van der Waals surface area contributed by atoms with Crippen LogP contribution in [-0.4, -0.2) is 40.6 Å². The number of nitrogens with zero attached hydrogens (tertiary/aromatic N) is 3. The molecule has 30 heavy (non-hydrogen) atoms. The Morgan fingerprint density at radius 3 is 2.90 bits per heavy atom. The summed E-state index contributed by atoms with van der Waals surface area (Å²) in [4.78, 5) is 21.6. The average Bonchev–Trinajstić information content (AvgIpc) is 3.43. The first-order chi connectivity index (χ1) is 14.6. The number of ether oxygens (including phenoxy) is 1. The van der Waals surface area contributed by atoms with Gasteiger partial charge in [0.2, 0.25) is 5.91 Å². The lowest BCUT2D eigenvalue weighted by atomic mass is 9.82. The molecule has 2 aliphatic rings. The monoisotopic (exact) mass is 424 g/mol. The molecule has 0 saturated carbocycles. The number of anilines is 1. The fourth-order valence-corrected chi connectivity index (χ4v) is 5.62. The summed E-state index contributed by atoms with van der Waals surface area (Å²) < 4.78 is 11.4. The highest BCUT2D eigenvalue weighted by Crippen LogP contribution is 2.46. The van der Waals surface area contributed by atoms with Gasteiger partial charge in [0.15, 0.2) is 0 Å². The van der Waals surface area contributed by atoms with E-state index in [1.807, 2.05) is 17.0 Å². The smallest absolute Gasteiger partial charge is 0.223 e. The van der Waals surface area contributed by atoms with E-state index in [1.54, 1.807) is 29.7 Å². The molecule has 0 atom stereocenters. The number of carbonyl (C=O) groups excluding carboxylic acids is 1. The predicted molar refractivity (Wildman–Crippen MR) is 114 cm³/mol. The van der Waals surface area contributed by atoms with E-state index in [1.165, 1.54) is 10.4 Å². The SMILES string of the molecule is Nc1cccc(-c2cc3c(s2)CCOC32CCN(C(=O)CCc3ccno3)CC2)n1. The van der Waals surface area contributed by atoms with E-state index in [9.17, 15) is 4.79 Å². The van der Waals surface area contributed by atoms with Gasteiger partial charge in [-0.2, -0.15) is 0 Å². The van der Waals surface area contributed by atoms with Crippen molar-refractivity contribution in [2.24, 2.45) is 0 Å². The summed E-state index contributed by atoms with van der Waals surface area (Å²) in [6.45, 7) is 2.13. The second kappa shape index (κ2) is 7.85. The van der Waals surface area contributed by atoms with Crippen LogP contribution in [0.15, 0.2) is 41.1 Å². The Balaban J connectivity index is 1.30. The van der Waals surface area contributed by atoms with Crippen molar-refractivity contribution in [1.82, 2.24) is 15.0 Å². The Labute approximate surface area is 178 Å². The van der Waals surface area contributed by atoms with E-state index in [0.29, 0.717) is 31.7 Å². The molecule has 5 rings (SSSR count). The Kier molecular flexibility index (Phi) is 5.04. The maximum atomic E-state index is 12.6. The molecule has 8 heteroatoms. The molecule has 0 unspecified atom stereocenters. The largest absolute Gasteiger partial charge is 0.384 e. The molecule has 1 saturated heterocycles. The number of carbonyl (C=O) groups is 1. The fraction of sp³-hybridized carbons (Fsp3) is 0.409. The number of hydrogen-bond donors (Lipinski definition) is 1. The minimum atomic E-state index is -0.301. The topological polar surface area (TPSA) is 94.5 Å². The molecule has 2 N–H and O–H groups in total. The van der Waals surface area contributed by atoms with Crippen LogP contribution in [0.25, 0.3) is 10.6 Å². The van der Waals surface area contributed by atoms with Gasteiger partial charge in [-0.3, -0.25) is 4.79 Å². The van der Waals surface area contributed by atoms with Crippen molar-refractivity contribution in [2.75, 3.05) is 25.4 Å². The minimum absolute atomic E-state index is 0.159. The van der Waals surface area contributed by atoms with Gasteiger partial charge in [-0.1, -0.05) is 11.2 Å². The number of piperidine rings is 1. The Morgan fingerprint density at radius 2 is 2.13 bits per heavy atom.